The monoisotopic (exact) mass is 222 g/mol. The predicted molar refractivity (Wildman–Crippen MR) is 65.4 cm³/mol. The first kappa shape index (κ1) is 11.6. The van der Waals surface area contributed by atoms with Gasteiger partial charge in [-0.05, 0) is 39.4 Å². The first-order chi connectivity index (χ1) is 7.84. The second-order valence-electron chi connectivity index (χ2n) is 4.69. The van der Waals surface area contributed by atoms with E-state index in [-0.39, 0.29) is 0 Å². The molecule has 4 heteroatoms. The van der Waals surface area contributed by atoms with Crippen molar-refractivity contribution in [2.75, 3.05) is 26.7 Å². The van der Waals surface area contributed by atoms with Crippen LogP contribution >= 0.6 is 0 Å². The SMILES string of the molecule is CN1CCCC(NCCCc2ncc[nH]2)C1. The molecule has 0 spiro atoms. The number of likely N-dealkylation sites (tertiary alicyclic amines) is 1. The summed E-state index contributed by atoms with van der Waals surface area (Å²) in [7, 11) is 2.21. The molecule has 0 amide bonds. The van der Waals surface area contributed by atoms with Crippen LogP contribution in [-0.2, 0) is 6.42 Å². The molecule has 16 heavy (non-hydrogen) atoms. The third-order valence-electron chi connectivity index (χ3n) is 3.20. The summed E-state index contributed by atoms with van der Waals surface area (Å²) in [5.41, 5.74) is 0. The van der Waals surface area contributed by atoms with E-state index in [4.69, 9.17) is 0 Å². The Hall–Kier alpha value is -0.870. The van der Waals surface area contributed by atoms with Crippen molar-refractivity contribution in [3.8, 4) is 0 Å². The number of nitrogens with zero attached hydrogens (tertiary/aromatic N) is 2. The van der Waals surface area contributed by atoms with E-state index in [9.17, 15) is 0 Å². The van der Waals surface area contributed by atoms with Crippen LogP contribution in [0.2, 0.25) is 0 Å². The first-order valence-corrected chi connectivity index (χ1v) is 6.25. The Kier molecular flexibility index (Phi) is 4.36. The fraction of sp³-hybridized carbons (Fsp3) is 0.750. The van der Waals surface area contributed by atoms with Gasteiger partial charge in [-0.15, -0.1) is 0 Å². The number of likely N-dealkylation sites (N-methyl/N-ethyl adjacent to an activating group) is 1. The molecule has 90 valence electrons. The Morgan fingerprint density at radius 2 is 2.56 bits per heavy atom. The molecule has 0 saturated carbocycles. The van der Waals surface area contributed by atoms with Gasteiger partial charge in [0.05, 0.1) is 0 Å². The van der Waals surface area contributed by atoms with Crippen LogP contribution in [0.1, 0.15) is 25.1 Å². The lowest BCUT2D eigenvalue weighted by Gasteiger charge is -2.30. The Morgan fingerprint density at radius 3 is 3.31 bits per heavy atom. The molecule has 1 unspecified atom stereocenters. The average molecular weight is 222 g/mol. The van der Waals surface area contributed by atoms with E-state index in [2.05, 4.69) is 27.2 Å². The van der Waals surface area contributed by atoms with Crippen molar-refractivity contribution in [2.24, 2.45) is 0 Å². The minimum Gasteiger partial charge on any atom is -0.349 e. The van der Waals surface area contributed by atoms with Gasteiger partial charge in [0.15, 0.2) is 0 Å². The number of imidazole rings is 1. The molecule has 4 nitrogen and oxygen atoms in total. The average Bonchev–Trinajstić information content (AvgIpc) is 2.77. The van der Waals surface area contributed by atoms with Gasteiger partial charge in [-0.3, -0.25) is 0 Å². The van der Waals surface area contributed by atoms with E-state index >= 15 is 0 Å². The molecule has 1 aromatic heterocycles. The Balaban J connectivity index is 1.57. The van der Waals surface area contributed by atoms with Gasteiger partial charge in [0.25, 0.3) is 0 Å². The fourth-order valence-corrected chi connectivity index (χ4v) is 2.33. The largest absolute Gasteiger partial charge is 0.349 e. The lowest BCUT2D eigenvalue weighted by Crippen LogP contribution is -2.44. The number of hydrogen-bond donors (Lipinski definition) is 2. The second-order valence-corrected chi connectivity index (χ2v) is 4.69. The smallest absolute Gasteiger partial charge is 0.106 e. The van der Waals surface area contributed by atoms with Crippen molar-refractivity contribution >= 4 is 0 Å². The maximum atomic E-state index is 4.22. The maximum absolute atomic E-state index is 4.22. The van der Waals surface area contributed by atoms with Crippen LogP contribution < -0.4 is 5.32 Å². The molecule has 1 aliphatic heterocycles. The molecular weight excluding hydrogens is 200 g/mol. The Bertz CT molecular complexity index is 283. The number of nitrogens with one attached hydrogen (secondary N) is 2. The zero-order chi connectivity index (χ0) is 11.2. The number of aryl methyl sites for hydroxylation is 1. The van der Waals surface area contributed by atoms with Crippen molar-refractivity contribution < 1.29 is 0 Å². The van der Waals surface area contributed by atoms with Gasteiger partial charge in [0.1, 0.15) is 5.82 Å². The van der Waals surface area contributed by atoms with Gasteiger partial charge in [0.2, 0.25) is 0 Å². The molecular formula is C12H22N4. The zero-order valence-electron chi connectivity index (χ0n) is 10.1. The highest BCUT2D eigenvalue weighted by Gasteiger charge is 2.15. The normalized spacial score (nSPS) is 22.4. The number of piperidine rings is 1. The van der Waals surface area contributed by atoms with Crippen LogP contribution in [-0.4, -0.2) is 47.6 Å². The molecule has 2 rings (SSSR count). The van der Waals surface area contributed by atoms with Crippen molar-refractivity contribution in [1.29, 1.82) is 0 Å². The van der Waals surface area contributed by atoms with Crippen molar-refractivity contribution in [3.63, 3.8) is 0 Å². The number of hydrogen-bond acceptors (Lipinski definition) is 3. The van der Waals surface area contributed by atoms with Gasteiger partial charge in [-0.25, -0.2) is 4.98 Å². The highest BCUT2D eigenvalue weighted by atomic mass is 15.1. The van der Waals surface area contributed by atoms with Crippen molar-refractivity contribution in [2.45, 2.75) is 31.7 Å². The maximum Gasteiger partial charge on any atom is 0.106 e. The molecule has 1 aromatic rings. The van der Waals surface area contributed by atoms with E-state index in [1.54, 1.807) is 0 Å². The fourth-order valence-electron chi connectivity index (χ4n) is 2.33. The van der Waals surface area contributed by atoms with Crippen LogP contribution in [0.4, 0.5) is 0 Å². The molecule has 0 bridgehead atoms. The topological polar surface area (TPSA) is 44.0 Å². The second kappa shape index (κ2) is 6.01. The summed E-state index contributed by atoms with van der Waals surface area (Å²) in [5, 5.41) is 3.63. The summed E-state index contributed by atoms with van der Waals surface area (Å²) in [6.45, 7) is 3.55. The molecule has 2 heterocycles. The highest BCUT2D eigenvalue weighted by molar-refractivity contribution is 4.87. The van der Waals surface area contributed by atoms with Crippen molar-refractivity contribution in [3.05, 3.63) is 18.2 Å². The molecule has 2 N–H and O–H groups in total. The summed E-state index contributed by atoms with van der Waals surface area (Å²) in [6.07, 6.45) is 8.56. The van der Waals surface area contributed by atoms with Gasteiger partial charge in [-0.1, -0.05) is 0 Å². The third kappa shape index (κ3) is 3.61. The number of rotatable bonds is 5. The number of aromatic amines is 1. The van der Waals surface area contributed by atoms with Crippen LogP contribution in [0.3, 0.4) is 0 Å². The quantitative estimate of drug-likeness (QED) is 0.731. The Morgan fingerprint density at radius 1 is 1.62 bits per heavy atom. The summed E-state index contributed by atoms with van der Waals surface area (Å²) in [6, 6.07) is 0.690. The summed E-state index contributed by atoms with van der Waals surface area (Å²) in [4.78, 5) is 9.77. The van der Waals surface area contributed by atoms with E-state index in [0.29, 0.717) is 6.04 Å². The molecule has 1 saturated heterocycles. The van der Waals surface area contributed by atoms with E-state index in [0.717, 1.165) is 25.2 Å². The van der Waals surface area contributed by atoms with Gasteiger partial charge in [-0.2, -0.15) is 0 Å². The number of H-pyrrole nitrogens is 1. The third-order valence-corrected chi connectivity index (χ3v) is 3.20. The minimum absolute atomic E-state index is 0.690. The van der Waals surface area contributed by atoms with Crippen LogP contribution in [0, 0.1) is 0 Å². The lowest BCUT2D eigenvalue weighted by atomic mass is 10.1. The van der Waals surface area contributed by atoms with Crippen LogP contribution in [0.25, 0.3) is 0 Å². The van der Waals surface area contributed by atoms with Gasteiger partial charge in [0, 0.05) is 31.4 Å². The summed E-state index contributed by atoms with van der Waals surface area (Å²) >= 11 is 0. The number of aromatic nitrogens is 2. The molecule has 0 radical (unpaired) electrons. The summed E-state index contributed by atoms with van der Waals surface area (Å²) in [5.74, 6) is 1.10. The van der Waals surface area contributed by atoms with E-state index in [1.165, 1.54) is 25.9 Å². The van der Waals surface area contributed by atoms with Crippen LogP contribution in [0.15, 0.2) is 12.4 Å². The molecule has 1 aliphatic rings. The predicted octanol–water partition coefficient (Wildman–Crippen LogP) is 1.03. The first-order valence-electron chi connectivity index (χ1n) is 6.25. The lowest BCUT2D eigenvalue weighted by molar-refractivity contribution is 0.227. The molecule has 0 aliphatic carbocycles. The summed E-state index contributed by atoms with van der Waals surface area (Å²) < 4.78 is 0. The standard InChI is InChI=1S/C12H22N4/c1-16-9-3-4-11(10-16)13-6-2-5-12-14-7-8-15-12/h7-8,11,13H,2-6,9-10H2,1H3,(H,14,15). The van der Waals surface area contributed by atoms with Gasteiger partial charge >= 0.3 is 0 Å². The molecule has 0 aromatic carbocycles. The molecule has 1 fully saturated rings. The van der Waals surface area contributed by atoms with E-state index < -0.39 is 0 Å². The highest BCUT2D eigenvalue weighted by Crippen LogP contribution is 2.07. The molecule has 1 atom stereocenters. The minimum atomic E-state index is 0.690. The zero-order valence-corrected chi connectivity index (χ0v) is 10.1. The Labute approximate surface area is 97.4 Å². The van der Waals surface area contributed by atoms with Crippen molar-refractivity contribution in [1.82, 2.24) is 20.2 Å². The van der Waals surface area contributed by atoms with Crippen LogP contribution in [0.5, 0.6) is 0 Å². The van der Waals surface area contributed by atoms with E-state index in [1.807, 2.05) is 12.4 Å². The van der Waals surface area contributed by atoms with Gasteiger partial charge < -0.3 is 15.2 Å².